The van der Waals surface area contributed by atoms with Crippen LogP contribution in [0.25, 0.3) is 0 Å². The Morgan fingerprint density at radius 2 is 1.58 bits per heavy atom. The summed E-state index contributed by atoms with van der Waals surface area (Å²) in [5, 5.41) is 2.62. The molecule has 4 rings (SSSR count). The number of likely N-dealkylation sites (tertiary alicyclic amines) is 1. The predicted octanol–water partition coefficient (Wildman–Crippen LogP) is 2.61. The van der Waals surface area contributed by atoms with Gasteiger partial charge in [0.15, 0.2) is 6.61 Å². The summed E-state index contributed by atoms with van der Waals surface area (Å²) in [7, 11) is 0. The number of amides is 4. The summed E-state index contributed by atoms with van der Waals surface area (Å²) in [5.41, 5.74) is 1.22. The average molecular weight is 449 g/mol. The number of carbonyl (C=O) groups excluding carboxylic acids is 5. The topological polar surface area (TPSA) is 113 Å². The second kappa shape index (κ2) is 9.23. The first-order valence-corrected chi connectivity index (χ1v) is 10.7. The number of anilines is 2. The van der Waals surface area contributed by atoms with E-state index in [4.69, 9.17) is 4.74 Å². The molecule has 4 amide bonds. The highest BCUT2D eigenvalue weighted by Gasteiger charge is 2.37. The minimum absolute atomic E-state index is 0.0859. The number of rotatable bonds is 5. The zero-order chi connectivity index (χ0) is 23.5. The molecular weight excluding hydrogens is 426 g/mol. The smallest absolute Gasteiger partial charge is 0.338 e. The van der Waals surface area contributed by atoms with Crippen LogP contribution < -0.4 is 10.2 Å². The van der Waals surface area contributed by atoms with Crippen molar-refractivity contribution in [3.05, 3.63) is 59.2 Å². The first-order valence-electron chi connectivity index (χ1n) is 10.7. The molecule has 1 saturated heterocycles. The second-order valence-corrected chi connectivity index (χ2v) is 7.95. The molecule has 0 spiro atoms. The summed E-state index contributed by atoms with van der Waals surface area (Å²) >= 11 is 0. The van der Waals surface area contributed by atoms with Crippen molar-refractivity contribution in [3.8, 4) is 0 Å². The average Bonchev–Trinajstić information content (AvgIpc) is 3.07. The van der Waals surface area contributed by atoms with Gasteiger partial charge in [0, 0.05) is 25.7 Å². The zero-order valence-electron chi connectivity index (χ0n) is 18.1. The fourth-order valence-electron chi connectivity index (χ4n) is 3.94. The van der Waals surface area contributed by atoms with Gasteiger partial charge in [0.25, 0.3) is 17.7 Å². The van der Waals surface area contributed by atoms with Crippen LogP contribution in [0, 0.1) is 0 Å². The van der Waals surface area contributed by atoms with Crippen LogP contribution in [0.1, 0.15) is 57.3 Å². The molecule has 0 saturated carbocycles. The zero-order valence-corrected chi connectivity index (χ0v) is 18.1. The molecular formula is C24H23N3O6. The van der Waals surface area contributed by atoms with E-state index in [0.717, 1.165) is 24.2 Å². The highest BCUT2D eigenvalue weighted by Crippen LogP contribution is 2.30. The van der Waals surface area contributed by atoms with Crippen LogP contribution in [0.2, 0.25) is 0 Å². The molecule has 1 N–H and O–H groups in total. The largest absolute Gasteiger partial charge is 0.452 e. The standard InChI is InChI=1S/C24H23N3O6/c1-15(28)25-17-6-8-18(9-7-17)27-22(30)19-10-5-16(13-20(19)23(27)31)24(32)33-14-21(29)26-11-3-2-4-12-26/h5-10,13H,2-4,11-12,14H2,1H3,(H,25,28). The summed E-state index contributed by atoms with van der Waals surface area (Å²) in [6.07, 6.45) is 2.96. The van der Waals surface area contributed by atoms with Crippen molar-refractivity contribution < 1.29 is 28.7 Å². The van der Waals surface area contributed by atoms with Crippen LogP contribution in [-0.2, 0) is 14.3 Å². The summed E-state index contributed by atoms with van der Waals surface area (Å²) in [5.74, 6) is -2.30. The second-order valence-electron chi connectivity index (χ2n) is 7.95. The quantitative estimate of drug-likeness (QED) is 0.555. The van der Waals surface area contributed by atoms with Gasteiger partial charge in [-0.2, -0.15) is 0 Å². The lowest BCUT2D eigenvalue weighted by Gasteiger charge is -2.26. The molecule has 33 heavy (non-hydrogen) atoms. The summed E-state index contributed by atoms with van der Waals surface area (Å²) in [4.78, 5) is 64.3. The molecule has 1 fully saturated rings. The number of imide groups is 1. The fourth-order valence-corrected chi connectivity index (χ4v) is 3.94. The van der Waals surface area contributed by atoms with Crippen LogP contribution in [0.3, 0.4) is 0 Å². The third-order valence-electron chi connectivity index (χ3n) is 5.60. The van der Waals surface area contributed by atoms with Gasteiger partial charge in [0.05, 0.1) is 22.4 Å². The fraction of sp³-hybridized carbons (Fsp3) is 0.292. The molecule has 9 nitrogen and oxygen atoms in total. The summed E-state index contributed by atoms with van der Waals surface area (Å²) in [6.45, 7) is 2.33. The number of fused-ring (bicyclic) bond motifs is 1. The number of nitrogens with zero attached hydrogens (tertiary/aromatic N) is 2. The van der Waals surface area contributed by atoms with Gasteiger partial charge < -0.3 is 15.0 Å². The van der Waals surface area contributed by atoms with Crippen LogP contribution in [0.5, 0.6) is 0 Å². The molecule has 2 aliphatic heterocycles. The summed E-state index contributed by atoms with van der Waals surface area (Å²) in [6, 6.07) is 10.4. The van der Waals surface area contributed by atoms with E-state index in [-0.39, 0.29) is 35.1 Å². The molecule has 2 heterocycles. The molecule has 9 heteroatoms. The first-order chi connectivity index (χ1) is 15.8. The van der Waals surface area contributed by atoms with Crippen molar-refractivity contribution in [1.29, 1.82) is 0 Å². The van der Waals surface area contributed by atoms with Crippen molar-refractivity contribution >= 4 is 41.0 Å². The maximum absolute atomic E-state index is 12.9. The molecule has 2 aromatic carbocycles. The highest BCUT2D eigenvalue weighted by molar-refractivity contribution is 6.34. The van der Waals surface area contributed by atoms with Gasteiger partial charge in [-0.25, -0.2) is 9.69 Å². The maximum Gasteiger partial charge on any atom is 0.338 e. The van der Waals surface area contributed by atoms with Gasteiger partial charge in [-0.05, 0) is 61.7 Å². The minimum Gasteiger partial charge on any atom is -0.452 e. The van der Waals surface area contributed by atoms with E-state index in [9.17, 15) is 24.0 Å². The van der Waals surface area contributed by atoms with Gasteiger partial charge >= 0.3 is 5.97 Å². The van der Waals surface area contributed by atoms with Gasteiger partial charge in [-0.15, -0.1) is 0 Å². The third-order valence-corrected chi connectivity index (χ3v) is 5.60. The van der Waals surface area contributed by atoms with E-state index < -0.39 is 17.8 Å². The Kier molecular flexibility index (Phi) is 6.21. The van der Waals surface area contributed by atoms with Gasteiger partial charge in [0.1, 0.15) is 0 Å². The predicted molar refractivity (Wildman–Crippen MR) is 119 cm³/mol. The number of hydrogen-bond acceptors (Lipinski definition) is 6. The SMILES string of the molecule is CC(=O)Nc1ccc(N2C(=O)c3ccc(C(=O)OCC(=O)N4CCCCC4)cc3C2=O)cc1. The highest BCUT2D eigenvalue weighted by atomic mass is 16.5. The first kappa shape index (κ1) is 22.2. The van der Waals surface area contributed by atoms with Gasteiger partial charge in [-0.3, -0.25) is 19.2 Å². The molecule has 0 aliphatic carbocycles. The molecule has 2 aliphatic rings. The number of carbonyl (C=O) groups is 5. The van der Waals surface area contributed by atoms with Crippen molar-refractivity contribution in [2.45, 2.75) is 26.2 Å². The molecule has 0 bridgehead atoms. The molecule has 0 atom stereocenters. The van der Waals surface area contributed by atoms with Gasteiger partial charge in [0.2, 0.25) is 5.91 Å². The van der Waals surface area contributed by atoms with E-state index >= 15 is 0 Å². The van der Waals surface area contributed by atoms with Crippen molar-refractivity contribution in [2.75, 3.05) is 29.9 Å². The lowest BCUT2D eigenvalue weighted by Crippen LogP contribution is -2.38. The van der Waals surface area contributed by atoms with Crippen LogP contribution in [0.15, 0.2) is 42.5 Å². The minimum atomic E-state index is -0.735. The van der Waals surface area contributed by atoms with E-state index in [0.29, 0.717) is 24.5 Å². The Balaban J connectivity index is 1.46. The van der Waals surface area contributed by atoms with Crippen molar-refractivity contribution in [1.82, 2.24) is 4.90 Å². The lowest BCUT2D eigenvalue weighted by molar-refractivity contribution is -0.135. The number of ether oxygens (including phenoxy) is 1. The monoisotopic (exact) mass is 449 g/mol. The van der Waals surface area contributed by atoms with E-state index in [2.05, 4.69) is 5.32 Å². The Labute approximate surface area is 190 Å². The third kappa shape index (κ3) is 4.62. The molecule has 0 unspecified atom stereocenters. The van der Waals surface area contributed by atoms with Crippen LogP contribution in [-0.4, -0.2) is 54.2 Å². The number of hydrogen-bond donors (Lipinski definition) is 1. The Bertz CT molecular complexity index is 1140. The number of piperidine rings is 1. The normalized spacial score (nSPS) is 15.3. The molecule has 170 valence electrons. The number of esters is 1. The van der Waals surface area contributed by atoms with E-state index in [1.54, 1.807) is 29.2 Å². The molecule has 0 radical (unpaired) electrons. The molecule has 2 aromatic rings. The van der Waals surface area contributed by atoms with Crippen molar-refractivity contribution in [2.24, 2.45) is 0 Å². The van der Waals surface area contributed by atoms with Crippen LogP contribution in [0.4, 0.5) is 11.4 Å². The number of benzene rings is 2. The lowest BCUT2D eigenvalue weighted by atomic mass is 10.1. The maximum atomic E-state index is 12.9. The van der Waals surface area contributed by atoms with Gasteiger partial charge in [-0.1, -0.05) is 0 Å². The van der Waals surface area contributed by atoms with Crippen molar-refractivity contribution in [3.63, 3.8) is 0 Å². The molecule has 0 aromatic heterocycles. The Morgan fingerprint density at radius 1 is 0.909 bits per heavy atom. The Morgan fingerprint density at radius 3 is 2.24 bits per heavy atom. The van der Waals surface area contributed by atoms with Crippen LogP contribution >= 0.6 is 0 Å². The van der Waals surface area contributed by atoms with E-state index in [1.807, 2.05) is 0 Å². The summed E-state index contributed by atoms with van der Waals surface area (Å²) < 4.78 is 5.15. The number of nitrogens with one attached hydrogen (secondary N) is 1. The Hall–Kier alpha value is -4.01. The van der Waals surface area contributed by atoms with E-state index in [1.165, 1.54) is 25.1 Å².